The number of aromatic nitrogens is 1. The average molecular weight is 551 g/mol. The zero-order chi connectivity index (χ0) is 27.1. The second-order valence-electron chi connectivity index (χ2n) is 8.60. The van der Waals surface area contributed by atoms with Crippen LogP contribution in [0.1, 0.15) is 22.7 Å². The molecule has 0 radical (unpaired) electrons. The zero-order valence-electron chi connectivity index (χ0n) is 20.9. The first-order valence-electron chi connectivity index (χ1n) is 11.5. The van der Waals surface area contributed by atoms with Crippen LogP contribution in [0.2, 0.25) is 5.02 Å². The lowest BCUT2D eigenvalue weighted by atomic mass is 9.94. The highest BCUT2D eigenvalue weighted by molar-refractivity contribution is 7.22. The molecule has 3 aromatic carbocycles. The van der Waals surface area contributed by atoms with Crippen molar-refractivity contribution in [1.29, 1.82) is 0 Å². The molecule has 1 saturated heterocycles. The Morgan fingerprint density at radius 2 is 1.76 bits per heavy atom. The van der Waals surface area contributed by atoms with E-state index in [0.717, 1.165) is 10.3 Å². The van der Waals surface area contributed by atoms with E-state index in [1.165, 1.54) is 42.6 Å². The molecule has 194 valence electrons. The number of ketones is 1. The quantitative estimate of drug-likeness (QED) is 0.181. The maximum absolute atomic E-state index is 13.5. The molecule has 2 heterocycles. The van der Waals surface area contributed by atoms with Crippen molar-refractivity contribution in [3.63, 3.8) is 0 Å². The summed E-state index contributed by atoms with van der Waals surface area (Å²) in [4.78, 5) is 33.1. The Labute approximate surface area is 227 Å². The molecular formula is C28H23ClN2O6S. The van der Waals surface area contributed by atoms with Gasteiger partial charge in [0, 0.05) is 6.07 Å². The van der Waals surface area contributed by atoms with Crippen molar-refractivity contribution in [2.24, 2.45) is 0 Å². The smallest absolute Gasteiger partial charge is 0.301 e. The Kier molecular flexibility index (Phi) is 6.73. The molecule has 1 unspecified atom stereocenters. The van der Waals surface area contributed by atoms with Crippen LogP contribution in [0.25, 0.3) is 16.0 Å². The largest absolute Gasteiger partial charge is 0.507 e. The molecule has 1 fully saturated rings. The number of ether oxygens (including phenoxy) is 3. The van der Waals surface area contributed by atoms with Crippen molar-refractivity contribution in [1.82, 2.24) is 4.98 Å². The fourth-order valence-electron chi connectivity index (χ4n) is 4.50. The number of thiazole rings is 1. The first kappa shape index (κ1) is 25.6. The molecule has 1 N–H and O–H groups in total. The van der Waals surface area contributed by atoms with Crippen LogP contribution < -0.4 is 19.1 Å². The summed E-state index contributed by atoms with van der Waals surface area (Å²) in [7, 11) is 4.45. The third-order valence-electron chi connectivity index (χ3n) is 6.32. The SMILES string of the molecule is COc1ccc2nc(N3C(=O)C(=O)/C(=C(/O)c4cc(Cl)c(OC)cc4OC)C3c3cccc(C)c3)sc2c1. The number of fused-ring (bicyclic) bond motifs is 1. The number of nitrogens with zero attached hydrogens (tertiary/aromatic N) is 2. The number of benzene rings is 3. The second kappa shape index (κ2) is 10.00. The summed E-state index contributed by atoms with van der Waals surface area (Å²) in [5.74, 6) is -0.858. The van der Waals surface area contributed by atoms with Gasteiger partial charge in [0.15, 0.2) is 5.13 Å². The number of hydrogen-bond acceptors (Lipinski definition) is 8. The summed E-state index contributed by atoms with van der Waals surface area (Å²) in [5.41, 5.74) is 2.27. The van der Waals surface area contributed by atoms with E-state index in [1.54, 1.807) is 25.3 Å². The van der Waals surface area contributed by atoms with E-state index < -0.39 is 23.5 Å². The van der Waals surface area contributed by atoms with E-state index >= 15 is 0 Å². The van der Waals surface area contributed by atoms with Crippen LogP contribution in [0.4, 0.5) is 5.13 Å². The minimum absolute atomic E-state index is 0.100. The fraction of sp³-hybridized carbons (Fsp3) is 0.179. The van der Waals surface area contributed by atoms with Gasteiger partial charge in [0.1, 0.15) is 23.0 Å². The van der Waals surface area contributed by atoms with Crippen LogP contribution in [-0.2, 0) is 9.59 Å². The van der Waals surface area contributed by atoms with E-state index in [4.69, 9.17) is 25.8 Å². The molecule has 0 spiro atoms. The molecule has 4 aromatic rings. The predicted octanol–water partition coefficient (Wildman–Crippen LogP) is 5.91. The number of anilines is 1. The lowest BCUT2D eigenvalue weighted by Gasteiger charge is -2.23. The van der Waals surface area contributed by atoms with Crippen LogP contribution in [-0.4, -0.2) is 43.1 Å². The number of carbonyl (C=O) groups is 2. The number of amides is 1. The molecule has 1 atom stereocenters. The minimum Gasteiger partial charge on any atom is -0.507 e. The van der Waals surface area contributed by atoms with Gasteiger partial charge in [-0.3, -0.25) is 14.5 Å². The minimum atomic E-state index is -0.942. The maximum Gasteiger partial charge on any atom is 0.301 e. The van der Waals surface area contributed by atoms with Crippen molar-refractivity contribution >= 4 is 55.7 Å². The van der Waals surface area contributed by atoms with E-state index in [9.17, 15) is 14.7 Å². The van der Waals surface area contributed by atoms with Gasteiger partial charge in [-0.25, -0.2) is 4.98 Å². The van der Waals surface area contributed by atoms with Crippen molar-refractivity contribution < 1.29 is 28.9 Å². The van der Waals surface area contributed by atoms with Gasteiger partial charge in [-0.05, 0) is 36.8 Å². The first-order valence-corrected chi connectivity index (χ1v) is 12.7. The van der Waals surface area contributed by atoms with E-state index in [2.05, 4.69) is 4.98 Å². The molecule has 0 bridgehead atoms. The van der Waals surface area contributed by atoms with Crippen molar-refractivity contribution in [2.75, 3.05) is 26.2 Å². The lowest BCUT2D eigenvalue weighted by molar-refractivity contribution is -0.132. The molecule has 1 amide bonds. The molecule has 0 aliphatic carbocycles. The molecular weight excluding hydrogens is 528 g/mol. The summed E-state index contributed by atoms with van der Waals surface area (Å²) in [6, 6.07) is 14.8. The Bertz CT molecular complexity index is 1630. The van der Waals surface area contributed by atoms with Crippen molar-refractivity contribution in [3.8, 4) is 17.2 Å². The van der Waals surface area contributed by atoms with Gasteiger partial charge in [0.25, 0.3) is 5.78 Å². The summed E-state index contributed by atoms with van der Waals surface area (Å²) >= 11 is 7.60. The normalized spacial score (nSPS) is 16.8. The maximum atomic E-state index is 13.5. The van der Waals surface area contributed by atoms with Crippen LogP contribution in [0.5, 0.6) is 17.2 Å². The molecule has 38 heavy (non-hydrogen) atoms. The molecule has 10 heteroatoms. The summed E-state index contributed by atoms with van der Waals surface area (Å²) < 4.78 is 16.8. The van der Waals surface area contributed by atoms with Gasteiger partial charge in [-0.2, -0.15) is 0 Å². The molecule has 1 aliphatic rings. The molecule has 5 rings (SSSR count). The predicted molar refractivity (Wildman–Crippen MR) is 147 cm³/mol. The van der Waals surface area contributed by atoms with Gasteiger partial charge < -0.3 is 19.3 Å². The number of aryl methyl sites for hydroxylation is 1. The number of aliphatic hydroxyl groups is 1. The van der Waals surface area contributed by atoms with Gasteiger partial charge >= 0.3 is 5.91 Å². The Hall–Kier alpha value is -4.08. The van der Waals surface area contributed by atoms with Crippen LogP contribution in [0.15, 0.2) is 60.2 Å². The number of hydrogen-bond donors (Lipinski definition) is 1. The number of halogens is 1. The number of methoxy groups -OCH3 is 3. The topological polar surface area (TPSA) is 98.2 Å². The van der Waals surface area contributed by atoms with E-state index in [-0.39, 0.29) is 21.9 Å². The first-order chi connectivity index (χ1) is 18.3. The Balaban J connectivity index is 1.75. The fourth-order valence-corrected chi connectivity index (χ4v) is 5.76. The van der Waals surface area contributed by atoms with E-state index in [1.807, 2.05) is 31.2 Å². The Morgan fingerprint density at radius 3 is 2.45 bits per heavy atom. The third-order valence-corrected chi connectivity index (χ3v) is 7.63. The average Bonchev–Trinajstić information content (AvgIpc) is 3.45. The molecule has 8 nitrogen and oxygen atoms in total. The zero-order valence-corrected chi connectivity index (χ0v) is 22.5. The summed E-state index contributed by atoms with van der Waals surface area (Å²) in [6.45, 7) is 1.91. The third kappa shape index (κ3) is 4.23. The van der Waals surface area contributed by atoms with Crippen LogP contribution >= 0.6 is 22.9 Å². The molecule has 0 saturated carbocycles. The van der Waals surface area contributed by atoms with Crippen molar-refractivity contribution in [2.45, 2.75) is 13.0 Å². The highest BCUT2D eigenvalue weighted by atomic mass is 35.5. The Morgan fingerprint density at radius 1 is 1.00 bits per heavy atom. The number of carbonyl (C=O) groups excluding carboxylic acids is 2. The monoisotopic (exact) mass is 550 g/mol. The summed E-state index contributed by atoms with van der Waals surface area (Å²) in [6.07, 6.45) is 0. The number of rotatable bonds is 6. The molecule has 1 aromatic heterocycles. The van der Waals surface area contributed by atoms with Gasteiger partial charge in [0.2, 0.25) is 0 Å². The second-order valence-corrected chi connectivity index (χ2v) is 10.0. The molecule has 1 aliphatic heterocycles. The highest BCUT2D eigenvalue weighted by Gasteiger charge is 2.48. The summed E-state index contributed by atoms with van der Waals surface area (Å²) in [5, 5.41) is 12.1. The van der Waals surface area contributed by atoms with Crippen LogP contribution in [0, 0.1) is 6.92 Å². The van der Waals surface area contributed by atoms with Gasteiger partial charge in [-0.15, -0.1) is 0 Å². The number of aliphatic hydroxyl groups excluding tert-OH is 1. The van der Waals surface area contributed by atoms with E-state index in [0.29, 0.717) is 27.7 Å². The number of Topliss-reactive ketones (excluding diaryl/α,β-unsaturated/α-hetero) is 1. The van der Waals surface area contributed by atoms with Gasteiger partial charge in [-0.1, -0.05) is 52.8 Å². The standard InChI is InChI=1S/C28H23ClN2O6S/c1-14-6-5-7-15(10-14)24-23(25(32)17-12-18(29)21(37-4)13-20(17)36-3)26(33)27(34)31(24)28-30-19-9-8-16(35-2)11-22(19)38-28/h5-13,24,32H,1-4H3/b25-23+. The van der Waals surface area contributed by atoms with Gasteiger partial charge in [0.05, 0.1) is 53.7 Å². The van der Waals surface area contributed by atoms with Crippen molar-refractivity contribution in [3.05, 3.63) is 81.9 Å². The lowest BCUT2D eigenvalue weighted by Crippen LogP contribution is -2.29. The van der Waals surface area contributed by atoms with Crippen LogP contribution in [0.3, 0.4) is 0 Å². The highest BCUT2D eigenvalue weighted by Crippen LogP contribution is 2.46.